The number of hydrogen-bond acceptors (Lipinski definition) is 5. The molecular weight excluding hydrogens is 245 g/mol. The smallest absolute Gasteiger partial charge is 0.343 e. The van der Waals surface area contributed by atoms with Gasteiger partial charge in [-0.3, -0.25) is 4.79 Å². The number of methoxy groups -OCH3 is 1. The Balaban J connectivity index is 2.64. The fourth-order valence-electron chi connectivity index (χ4n) is 1.13. The number of nitrogens with zero attached hydrogens (tertiary/aromatic N) is 1. The zero-order chi connectivity index (χ0) is 12.7. The zero-order valence-electron chi connectivity index (χ0n) is 9.25. The maximum Gasteiger partial charge on any atom is 0.343 e. The van der Waals surface area contributed by atoms with Crippen molar-refractivity contribution in [2.45, 2.75) is 0 Å². The van der Waals surface area contributed by atoms with Crippen molar-refractivity contribution in [3.05, 3.63) is 24.3 Å². The minimum Gasteiger partial charge on any atom is -0.497 e. The van der Waals surface area contributed by atoms with Crippen molar-refractivity contribution < 1.29 is 24.0 Å². The van der Waals surface area contributed by atoms with Crippen molar-refractivity contribution in [2.75, 3.05) is 19.9 Å². The standard InChI is InChI=1S/C10H12NO5P/c1-15-8-2-4-9(5-3-8)16-11(7-17-14)6-10(12)13/h2-5H,6-7H2,1H3,(H,12,13)/p+1. The van der Waals surface area contributed by atoms with Gasteiger partial charge in [-0.25, -0.2) is 0 Å². The fraction of sp³-hybridized carbons (Fsp3) is 0.300. The molecule has 0 radical (unpaired) electrons. The summed E-state index contributed by atoms with van der Waals surface area (Å²) < 4.78 is 15.5. The van der Waals surface area contributed by atoms with Gasteiger partial charge >= 0.3 is 14.4 Å². The summed E-state index contributed by atoms with van der Waals surface area (Å²) in [5.41, 5.74) is 0. The van der Waals surface area contributed by atoms with Crippen LogP contribution in [-0.4, -0.2) is 36.1 Å². The van der Waals surface area contributed by atoms with E-state index in [0.29, 0.717) is 11.5 Å². The Hall–Kier alpha value is -1.65. The third-order valence-corrected chi connectivity index (χ3v) is 2.33. The van der Waals surface area contributed by atoms with Gasteiger partial charge in [0.1, 0.15) is 18.0 Å². The molecule has 0 saturated carbocycles. The normalized spacial score (nSPS) is 10.5. The van der Waals surface area contributed by atoms with Crippen LogP contribution in [0.3, 0.4) is 0 Å². The van der Waals surface area contributed by atoms with Gasteiger partial charge in [0.05, 0.1) is 7.11 Å². The fourth-order valence-corrected chi connectivity index (χ4v) is 1.45. The Labute approximate surface area is 99.9 Å². The van der Waals surface area contributed by atoms with Gasteiger partial charge in [0.15, 0.2) is 0 Å². The molecule has 0 aliphatic rings. The average Bonchev–Trinajstić information content (AvgIpc) is 2.29. The summed E-state index contributed by atoms with van der Waals surface area (Å²) in [7, 11) is 0.897. The Morgan fingerprint density at radius 1 is 1.35 bits per heavy atom. The van der Waals surface area contributed by atoms with Crippen molar-refractivity contribution in [3.63, 3.8) is 0 Å². The molecule has 1 aromatic rings. The largest absolute Gasteiger partial charge is 0.497 e. The molecule has 1 aromatic carbocycles. The van der Waals surface area contributed by atoms with Gasteiger partial charge in [0.2, 0.25) is 6.29 Å². The van der Waals surface area contributed by atoms with Gasteiger partial charge in [0, 0.05) is 0 Å². The molecular formula is C10H13NO5P+. The van der Waals surface area contributed by atoms with E-state index in [1.54, 1.807) is 31.4 Å². The second kappa shape index (κ2) is 6.83. The molecule has 1 unspecified atom stereocenters. The monoisotopic (exact) mass is 258 g/mol. The van der Waals surface area contributed by atoms with Crippen LogP contribution >= 0.6 is 8.46 Å². The minimum atomic E-state index is -1.04. The summed E-state index contributed by atoms with van der Waals surface area (Å²) in [4.78, 5) is 15.8. The number of carboxylic acid groups (broad SMARTS) is 1. The number of hydrogen-bond donors (Lipinski definition) is 1. The number of benzene rings is 1. The Kier molecular flexibility index (Phi) is 5.39. The van der Waals surface area contributed by atoms with Crippen LogP contribution in [0.2, 0.25) is 0 Å². The lowest BCUT2D eigenvalue weighted by molar-refractivity contribution is -0.146. The van der Waals surface area contributed by atoms with E-state index in [4.69, 9.17) is 14.7 Å². The molecule has 0 spiro atoms. The molecule has 6 nitrogen and oxygen atoms in total. The molecule has 0 amide bonds. The van der Waals surface area contributed by atoms with E-state index in [1.165, 1.54) is 0 Å². The topological polar surface area (TPSA) is 76.1 Å². The first kappa shape index (κ1) is 13.4. The second-order valence-corrected chi connectivity index (χ2v) is 3.71. The third-order valence-electron chi connectivity index (χ3n) is 1.85. The average molecular weight is 258 g/mol. The predicted molar refractivity (Wildman–Crippen MR) is 61.8 cm³/mol. The number of ether oxygens (including phenoxy) is 1. The number of carboxylic acids is 1. The highest BCUT2D eigenvalue weighted by molar-refractivity contribution is 7.23. The lowest BCUT2D eigenvalue weighted by atomic mass is 10.3. The molecule has 7 heteroatoms. The summed E-state index contributed by atoms with van der Waals surface area (Å²) in [5, 5.41) is 9.75. The van der Waals surface area contributed by atoms with E-state index in [9.17, 15) is 9.36 Å². The van der Waals surface area contributed by atoms with E-state index < -0.39 is 14.4 Å². The summed E-state index contributed by atoms with van der Waals surface area (Å²) in [6.45, 7) is -0.332. The molecule has 0 heterocycles. The van der Waals surface area contributed by atoms with Gasteiger partial charge < -0.3 is 14.7 Å². The van der Waals surface area contributed by atoms with Gasteiger partial charge in [-0.2, -0.15) is 0 Å². The zero-order valence-corrected chi connectivity index (χ0v) is 10.3. The lowest BCUT2D eigenvalue weighted by Gasteiger charge is -2.15. The highest BCUT2D eigenvalue weighted by Gasteiger charge is 2.15. The van der Waals surface area contributed by atoms with Crippen LogP contribution in [0.1, 0.15) is 0 Å². The van der Waals surface area contributed by atoms with E-state index >= 15 is 0 Å². The lowest BCUT2D eigenvalue weighted by Crippen LogP contribution is -2.31. The molecule has 0 aliphatic heterocycles. The molecule has 1 N–H and O–H groups in total. The van der Waals surface area contributed by atoms with E-state index in [2.05, 4.69) is 0 Å². The summed E-state index contributed by atoms with van der Waals surface area (Å²) >= 11 is 0. The van der Waals surface area contributed by atoms with Crippen LogP contribution in [-0.2, 0) is 9.36 Å². The highest BCUT2D eigenvalue weighted by Crippen LogP contribution is 2.18. The van der Waals surface area contributed by atoms with Crippen molar-refractivity contribution in [2.24, 2.45) is 0 Å². The van der Waals surface area contributed by atoms with E-state index in [1.807, 2.05) is 0 Å². The maximum atomic E-state index is 10.5. The van der Waals surface area contributed by atoms with Gasteiger partial charge in [-0.1, -0.05) is 9.63 Å². The van der Waals surface area contributed by atoms with Crippen molar-refractivity contribution in [3.8, 4) is 11.5 Å². The molecule has 92 valence electrons. The van der Waals surface area contributed by atoms with Crippen LogP contribution in [0.15, 0.2) is 24.3 Å². The predicted octanol–water partition coefficient (Wildman–Crippen LogP) is 1.36. The second-order valence-electron chi connectivity index (χ2n) is 3.10. The summed E-state index contributed by atoms with van der Waals surface area (Å²) in [5.74, 6) is 0.0925. The van der Waals surface area contributed by atoms with Crippen LogP contribution in [0.4, 0.5) is 0 Å². The van der Waals surface area contributed by atoms with Gasteiger partial charge in [-0.05, 0) is 24.3 Å². The third kappa shape index (κ3) is 4.80. The number of carbonyl (C=O) groups is 1. The quantitative estimate of drug-likeness (QED) is 0.587. The number of hydroxylamine groups is 2. The minimum absolute atomic E-state index is 0.0400. The molecule has 0 aromatic heterocycles. The first-order chi connectivity index (χ1) is 8.15. The Bertz CT molecular complexity index is 381. The van der Waals surface area contributed by atoms with Crippen LogP contribution < -0.4 is 9.57 Å². The Morgan fingerprint density at radius 3 is 2.41 bits per heavy atom. The first-order valence-electron chi connectivity index (χ1n) is 4.79. The van der Waals surface area contributed by atoms with Crippen molar-refractivity contribution in [1.29, 1.82) is 0 Å². The molecule has 17 heavy (non-hydrogen) atoms. The summed E-state index contributed by atoms with van der Waals surface area (Å²) in [6, 6.07) is 6.66. The van der Waals surface area contributed by atoms with Gasteiger partial charge in [-0.15, -0.1) is 0 Å². The van der Waals surface area contributed by atoms with Crippen LogP contribution in [0, 0.1) is 0 Å². The molecule has 0 saturated heterocycles. The molecule has 0 bridgehead atoms. The highest BCUT2D eigenvalue weighted by atomic mass is 31.1. The summed E-state index contributed by atoms with van der Waals surface area (Å²) in [6.07, 6.45) is 0.0400. The Morgan fingerprint density at radius 2 is 1.94 bits per heavy atom. The molecule has 0 fully saturated rings. The van der Waals surface area contributed by atoms with Crippen molar-refractivity contribution in [1.82, 2.24) is 5.06 Å². The van der Waals surface area contributed by atoms with Crippen LogP contribution in [0.25, 0.3) is 0 Å². The van der Waals surface area contributed by atoms with Gasteiger partial charge in [0.25, 0.3) is 0 Å². The van der Waals surface area contributed by atoms with Crippen molar-refractivity contribution >= 4 is 14.4 Å². The van der Waals surface area contributed by atoms with Crippen LogP contribution in [0.5, 0.6) is 11.5 Å². The molecule has 0 aliphatic carbocycles. The molecule has 1 rings (SSSR count). The SMILES string of the molecule is COc1ccc(ON(C[PH+]=O)CC(=O)O)cc1. The van der Waals surface area contributed by atoms with E-state index in [0.717, 1.165) is 5.06 Å². The number of rotatable bonds is 7. The first-order valence-corrected chi connectivity index (χ1v) is 5.91. The number of aliphatic carboxylic acids is 1. The molecule has 1 atom stereocenters. The maximum absolute atomic E-state index is 10.5. The van der Waals surface area contributed by atoms with E-state index in [-0.39, 0.29) is 12.8 Å².